The van der Waals surface area contributed by atoms with Crippen molar-refractivity contribution < 1.29 is 4.74 Å². The van der Waals surface area contributed by atoms with E-state index in [0.29, 0.717) is 18.0 Å². The second-order valence-corrected chi connectivity index (χ2v) is 7.07. The molecule has 1 atom stereocenters. The number of halogens is 1. The van der Waals surface area contributed by atoms with Gasteiger partial charge >= 0.3 is 0 Å². The Morgan fingerprint density at radius 3 is 2.50 bits per heavy atom. The van der Waals surface area contributed by atoms with Gasteiger partial charge in [-0.25, -0.2) is 0 Å². The van der Waals surface area contributed by atoms with Crippen LogP contribution in [0.5, 0.6) is 0 Å². The molecule has 0 radical (unpaired) electrons. The quantitative estimate of drug-likeness (QED) is 0.252. The minimum atomic E-state index is 0. The van der Waals surface area contributed by atoms with E-state index < -0.39 is 0 Å². The summed E-state index contributed by atoms with van der Waals surface area (Å²) in [5.74, 6) is 1.72. The lowest BCUT2D eigenvalue weighted by atomic mass is 10.1. The summed E-state index contributed by atoms with van der Waals surface area (Å²) in [5, 5.41) is 3.44. The van der Waals surface area contributed by atoms with Crippen molar-refractivity contribution in [1.82, 2.24) is 15.1 Å². The van der Waals surface area contributed by atoms with Gasteiger partial charge in [-0.1, -0.05) is 0 Å². The van der Waals surface area contributed by atoms with Crippen molar-refractivity contribution in [2.75, 3.05) is 46.4 Å². The second-order valence-electron chi connectivity index (χ2n) is 7.07. The Morgan fingerprint density at radius 1 is 1.29 bits per heavy atom. The Labute approximate surface area is 166 Å². The predicted molar refractivity (Wildman–Crippen MR) is 115 cm³/mol. The van der Waals surface area contributed by atoms with Crippen molar-refractivity contribution in [3.05, 3.63) is 0 Å². The molecule has 0 aromatic heterocycles. The summed E-state index contributed by atoms with van der Waals surface area (Å²) in [6.07, 6.45) is 2.31. The molecule has 0 amide bonds. The Morgan fingerprint density at radius 2 is 1.96 bits per heavy atom. The van der Waals surface area contributed by atoms with Crippen LogP contribution in [0, 0.1) is 5.92 Å². The van der Waals surface area contributed by atoms with E-state index in [1.807, 2.05) is 0 Å². The Hall–Kier alpha value is -0.0800. The monoisotopic (exact) mass is 454 g/mol. The summed E-state index contributed by atoms with van der Waals surface area (Å²) < 4.78 is 5.29. The molecule has 1 aliphatic rings. The number of hydrogen-bond donors (Lipinski definition) is 1. The van der Waals surface area contributed by atoms with Gasteiger partial charge in [0.2, 0.25) is 0 Å². The molecular formula is C18H39IN4O. The molecule has 0 saturated carbocycles. The highest BCUT2D eigenvalue weighted by Gasteiger charge is 2.24. The third-order valence-corrected chi connectivity index (χ3v) is 4.49. The third-order valence-electron chi connectivity index (χ3n) is 4.49. The highest BCUT2D eigenvalue weighted by molar-refractivity contribution is 14.0. The van der Waals surface area contributed by atoms with Crippen LogP contribution in [0.15, 0.2) is 4.99 Å². The normalized spacial score (nSPS) is 18.6. The molecule has 1 saturated heterocycles. The lowest BCUT2D eigenvalue weighted by Gasteiger charge is -2.30. The van der Waals surface area contributed by atoms with E-state index in [9.17, 15) is 0 Å². The van der Waals surface area contributed by atoms with Crippen LogP contribution >= 0.6 is 24.0 Å². The number of rotatable bonds is 9. The van der Waals surface area contributed by atoms with E-state index in [1.165, 1.54) is 6.42 Å². The van der Waals surface area contributed by atoms with E-state index in [-0.39, 0.29) is 24.0 Å². The molecule has 0 aromatic carbocycles. The Kier molecular flexibility index (Phi) is 13.1. The predicted octanol–water partition coefficient (Wildman–Crippen LogP) is 3.05. The van der Waals surface area contributed by atoms with Gasteiger partial charge in [0.15, 0.2) is 5.96 Å². The number of hydrogen-bond acceptors (Lipinski definition) is 3. The number of ether oxygens (including phenoxy) is 1. The van der Waals surface area contributed by atoms with Crippen LogP contribution in [-0.2, 0) is 4.74 Å². The smallest absolute Gasteiger partial charge is 0.193 e. The fourth-order valence-electron chi connectivity index (χ4n) is 3.37. The maximum Gasteiger partial charge on any atom is 0.193 e. The topological polar surface area (TPSA) is 40.1 Å². The molecule has 144 valence electrons. The molecule has 6 heteroatoms. The van der Waals surface area contributed by atoms with Gasteiger partial charge in [-0.05, 0) is 47.5 Å². The summed E-state index contributed by atoms with van der Waals surface area (Å²) >= 11 is 0. The first kappa shape index (κ1) is 23.9. The zero-order valence-electron chi connectivity index (χ0n) is 16.5. The van der Waals surface area contributed by atoms with Gasteiger partial charge in [0.05, 0.1) is 6.61 Å². The van der Waals surface area contributed by atoms with E-state index in [1.54, 1.807) is 7.11 Å². The number of aliphatic imine (C=N–C) groups is 1. The van der Waals surface area contributed by atoms with Gasteiger partial charge in [0, 0.05) is 57.8 Å². The molecule has 1 aliphatic heterocycles. The van der Waals surface area contributed by atoms with Crippen LogP contribution in [0.2, 0.25) is 0 Å². The van der Waals surface area contributed by atoms with E-state index in [0.717, 1.165) is 51.7 Å². The number of methoxy groups -OCH3 is 1. The standard InChI is InChI=1S/C18H38N4O.HI/c1-7-19-18(21-12-9-17(13-21)14-23-6)20-10-8-11-22(15(2)3)16(4)5;/h15-17H,7-14H2,1-6H3,(H,19,20);1H. The van der Waals surface area contributed by atoms with E-state index in [2.05, 4.69) is 49.7 Å². The van der Waals surface area contributed by atoms with E-state index >= 15 is 0 Å². The van der Waals surface area contributed by atoms with Crippen LogP contribution in [-0.4, -0.2) is 74.3 Å². The highest BCUT2D eigenvalue weighted by Crippen LogP contribution is 2.16. The van der Waals surface area contributed by atoms with Gasteiger partial charge in [-0.2, -0.15) is 0 Å². The maximum atomic E-state index is 5.29. The molecule has 24 heavy (non-hydrogen) atoms. The molecule has 1 fully saturated rings. The summed E-state index contributed by atoms with van der Waals surface area (Å²) in [4.78, 5) is 9.76. The molecular weight excluding hydrogens is 415 g/mol. The van der Waals surface area contributed by atoms with Crippen LogP contribution < -0.4 is 5.32 Å². The first-order valence-electron chi connectivity index (χ1n) is 9.27. The van der Waals surface area contributed by atoms with Crippen molar-refractivity contribution in [2.45, 2.75) is 59.5 Å². The zero-order chi connectivity index (χ0) is 17.2. The maximum absolute atomic E-state index is 5.29. The summed E-state index contributed by atoms with van der Waals surface area (Å²) in [7, 11) is 1.79. The molecule has 0 aliphatic carbocycles. The lowest BCUT2D eigenvalue weighted by Crippen LogP contribution is -2.41. The van der Waals surface area contributed by atoms with Crippen molar-refractivity contribution in [2.24, 2.45) is 10.9 Å². The molecule has 0 bridgehead atoms. The number of nitrogens with zero attached hydrogens (tertiary/aromatic N) is 3. The highest BCUT2D eigenvalue weighted by atomic mass is 127. The first-order chi connectivity index (χ1) is 11.0. The summed E-state index contributed by atoms with van der Waals surface area (Å²) in [6.45, 7) is 17.2. The molecule has 0 spiro atoms. The lowest BCUT2D eigenvalue weighted by molar-refractivity contribution is 0.157. The number of likely N-dealkylation sites (tertiary alicyclic amines) is 1. The Bertz CT molecular complexity index is 342. The van der Waals surface area contributed by atoms with Gasteiger partial charge in [0.25, 0.3) is 0 Å². The fraction of sp³-hybridized carbons (Fsp3) is 0.944. The SMILES string of the molecule is CCNC(=NCCCN(C(C)C)C(C)C)N1CCC(COC)C1.I. The molecule has 1 rings (SSSR count). The van der Waals surface area contributed by atoms with Crippen molar-refractivity contribution in [3.8, 4) is 0 Å². The molecule has 0 aromatic rings. The van der Waals surface area contributed by atoms with Crippen LogP contribution in [0.1, 0.15) is 47.5 Å². The van der Waals surface area contributed by atoms with E-state index in [4.69, 9.17) is 9.73 Å². The average molecular weight is 454 g/mol. The third kappa shape index (κ3) is 8.34. The molecule has 5 nitrogen and oxygen atoms in total. The molecule has 1 unspecified atom stereocenters. The van der Waals surface area contributed by atoms with Gasteiger partial charge in [-0.3, -0.25) is 9.89 Å². The van der Waals surface area contributed by atoms with Crippen molar-refractivity contribution in [1.29, 1.82) is 0 Å². The minimum absolute atomic E-state index is 0. The number of guanidine groups is 1. The second kappa shape index (κ2) is 13.2. The first-order valence-corrected chi connectivity index (χ1v) is 9.27. The van der Waals surface area contributed by atoms with Gasteiger partial charge in [-0.15, -0.1) is 24.0 Å². The van der Waals surface area contributed by atoms with Crippen molar-refractivity contribution >= 4 is 29.9 Å². The fourth-order valence-corrected chi connectivity index (χ4v) is 3.37. The van der Waals surface area contributed by atoms with Gasteiger partial charge in [0.1, 0.15) is 0 Å². The minimum Gasteiger partial charge on any atom is -0.384 e. The summed E-state index contributed by atoms with van der Waals surface area (Å²) in [5.41, 5.74) is 0. The summed E-state index contributed by atoms with van der Waals surface area (Å²) in [6, 6.07) is 1.20. The van der Waals surface area contributed by atoms with Gasteiger partial charge < -0.3 is 15.0 Å². The largest absolute Gasteiger partial charge is 0.384 e. The van der Waals surface area contributed by atoms with Crippen LogP contribution in [0.3, 0.4) is 0 Å². The Balaban J connectivity index is 0.00000529. The zero-order valence-corrected chi connectivity index (χ0v) is 18.9. The average Bonchev–Trinajstić information content (AvgIpc) is 2.94. The van der Waals surface area contributed by atoms with Crippen LogP contribution in [0.4, 0.5) is 0 Å². The number of nitrogens with one attached hydrogen (secondary N) is 1. The van der Waals surface area contributed by atoms with Crippen molar-refractivity contribution in [3.63, 3.8) is 0 Å². The van der Waals surface area contributed by atoms with Crippen LogP contribution in [0.25, 0.3) is 0 Å². The molecule has 1 heterocycles. The molecule has 1 N–H and O–H groups in total.